The molecule has 0 spiro atoms. The van der Waals surface area contributed by atoms with E-state index in [4.69, 9.17) is 36.3 Å². The number of ether oxygens (including phenoxy) is 2. The van der Waals surface area contributed by atoms with Crippen molar-refractivity contribution in [1.82, 2.24) is 0 Å². The second-order valence-corrected chi connectivity index (χ2v) is 3.43. The van der Waals surface area contributed by atoms with Crippen molar-refractivity contribution in [2.24, 2.45) is 16.5 Å². The monoisotopic (exact) mass is 286 g/mol. The van der Waals surface area contributed by atoms with Gasteiger partial charge in [-0.3, -0.25) is 4.99 Å². The van der Waals surface area contributed by atoms with Crippen molar-refractivity contribution in [2.75, 3.05) is 20.3 Å². The third kappa shape index (κ3) is 10.4. The number of nitrogens with zero attached hydrogens (tertiary/aromatic N) is 2. The minimum absolute atomic E-state index is 0.112. The van der Waals surface area contributed by atoms with Crippen molar-refractivity contribution >= 4 is 5.96 Å². The molecule has 0 aliphatic rings. The predicted octanol–water partition coefficient (Wildman–Crippen LogP) is 0.390. The molecule has 0 aliphatic heterocycles. The van der Waals surface area contributed by atoms with Crippen LogP contribution in [0.1, 0.15) is 6.42 Å². The molecule has 1 rings (SSSR count). The smallest absolute Gasteiger partial charge is 0.291 e. The van der Waals surface area contributed by atoms with E-state index in [1.54, 1.807) is 7.11 Å². The molecule has 0 amide bonds. The van der Waals surface area contributed by atoms with E-state index >= 15 is 0 Å². The number of nitrogens with two attached hydrogens (primary N) is 2. The Balaban J connectivity index is 0.000000796. The van der Waals surface area contributed by atoms with Gasteiger partial charge in [-0.05, 0) is 12.1 Å². The normalized spacial score (nSPS) is 8.85. The van der Waals surface area contributed by atoms with E-state index in [1.165, 1.54) is 0 Å². The van der Waals surface area contributed by atoms with Crippen LogP contribution in [0.5, 0.6) is 11.5 Å². The topological polar surface area (TPSA) is 146 Å². The number of hydrogen-bond acceptors (Lipinski definition) is 5. The Bertz CT molecular complexity index is 431. The quantitative estimate of drug-likeness (QED) is 0.225. The first-order valence-electron chi connectivity index (χ1n) is 5.61. The summed E-state index contributed by atoms with van der Waals surface area (Å²) >= 11 is 0. The average Bonchev–Trinajstić information content (AvgIpc) is 2.37. The standard InChI is InChI=1S/C11H17N3O2.HNO3/c1-15-9-4-2-5-10(8-9)16-7-3-6-14-11(12)13;2-1(3)4/h2,4-5,8H,3,6-7H2,1H3,(H4,12,13,14);(H,2,3,4). The fourth-order valence-electron chi connectivity index (χ4n) is 1.15. The van der Waals surface area contributed by atoms with Gasteiger partial charge in [0.1, 0.15) is 11.5 Å². The summed E-state index contributed by atoms with van der Waals surface area (Å²) in [5.74, 6) is 1.67. The second kappa shape index (κ2) is 10.2. The molecule has 0 atom stereocenters. The van der Waals surface area contributed by atoms with Crippen molar-refractivity contribution in [2.45, 2.75) is 6.42 Å². The Morgan fingerprint density at radius 3 is 2.60 bits per heavy atom. The van der Waals surface area contributed by atoms with Crippen LogP contribution in [0.3, 0.4) is 0 Å². The molecule has 9 nitrogen and oxygen atoms in total. The zero-order valence-corrected chi connectivity index (χ0v) is 11.1. The molecule has 9 heteroatoms. The fraction of sp³-hybridized carbons (Fsp3) is 0.364. The van der Waals surface area contributed by atoms with Gasteiger partial charge in [-0.2, -0.15) is 0 Å². The van der Waals surface area contributed by atoms with Crippen LogP contribution in [-0.2, 0) is 0 Å². The van der Waals surface area contributed by atoms with E-state index in [9.17, 15) is 0 Å². The maximum absolute atomic E-state index is 8.36. The highest BCUT2D eigenvalue weighted by Gasteiger charge is 1.96. The Hall–Kier alpha value is -2.71. The van der Waals surface area contributed by atoms with Gasteiger partial charge in [0.15, 0.2) is 5.96 Å². The number of guanidine groups is 1. The predicted molar refractivity (Wildman–Crippen MR) is 72.6 cm³/mol. The molecule has 112 valence electrons. The number of methoxy groups -OCH3 is 1. The van der Waals surface area contributed by atoms with Gasteiger partial charge in [0.2, 0.25) is 0 Å². The fourth-order valence-corrected chi connectivity index (χ4v) is 1.15. The molecule has 5 N–H and O–H groups in total. The van der Waals surface area contributed by atoms with Gasteiger partial charge < -0.3 is 26.1 Å². The Kier molecular flexibility index (Phi) is 8.85. The number of rotatable bonds is 6. The summed E-state index contributed by atoms with van der Waals surface area (Å²) in [6, 6.07) is 7.46. The lowest BCUT2D eigenvalue weighted by Gasteiger charge is -2.06. The SMILES string of the molecule is COc1cccc(OCCCN=C(N)N)c1.O=[N+]([O-])O. The molecular formula is C11H18N4O5. The van der Waals surface area contributed by atoms with E-state index in [1.807, 2.05) is 24.3 Å². The highest BCUT2D eigenvalue weighted by molar-refractivity contribution is 5.75. The second-order valence-electron chi connectivity index (χ2n) is 3.43. The molecule has 0 heterocycles. The largest absolute Gasteiger partial charge is 0.497 e. The molecule has 0 saturated heterocycles. The molecule has 1 aromatic carbocycles. The summed E-state index contributed by atoms with van der Waals surface area (Å²) in [5, 5.41) is 13.6. The number of benzene rings is 1. The maximum atomic E-state index is 8.36. The van der Waals surface area contributed by atoms with Crippen LogP contribution >= 0.6 is 0 Å². The minimum atomic E-state index is -1.50. The van der Waals surface area contributed by atoms with E-state index in [-0.39, 0.29) is 5.96 Å². The van der Waals surface area contributed by atoms with Gasteiger partial charge in [0.25, 0.3) is 5.09 Å². The van der Waals surface area contributed by atoms with Crippen LogP contribution < -0.4 is 20.9 Å². The van der Waals surface area contributed by atoms with Crippen LogP contribution in [0.15, 0.2) is 29.3 Å². The summed E-state index contributed by atoms with van der Waals surface area (Å²) in [6.45, 7) is 1.15. The summed E-state index contributed by atoms with van der Waals surface area (Å²) < 4.78 is 10.6. The van der Waals surface area contributed by atoms with E-state index < -0.39 is 5.09 Å². The third-order valence-corrected chi connectivity index (χ3v) is 1.91. The molecule has 0 bridgehead atoms. The average molecular weight is 286 g/mol. The maximum Gasteiger partial charge on any atom is 0.291 e. The number of aliphatic imine (C=N–C) groups is 1. The molecule has 0 fully saturated rings. The molecule has 0 radical (unpaired) electrons. The molecular weight excluding hydrogens is 268 g/mol. The Morgan fingerprint density at radius 2 is 2.05 bits per heavy atom. The Labute approximate surface area is 115 Å². The van der Waals surface area contributed by atoms with Crippen LogP contribution in [0, 0.1) is 10.1 Å². The lowest BCUT2D eigenvalue weighted by molar-refractivity contribution is -0.742. The number of hydrogen-bond donors (Lipinski definition) is 3. The molecule has 0 aliphatic carbocycles. The van der Waals surface area contributed by atoms with Crippen molar-refractivity contribution in [1.29, 1.82) is 0 Å². The van der Waals surface area contributed by atoms with Gasteiger partial charge in [0, 0.05) is 19.0 Å². The van der Waals surface area contributed by atoms with Crippen molar-refractivity contribution in [3.05, 3.63) is 34.4 Å². The van der Waals surface area contributed by atoms with E-state index in [0.717, 1.165) is 17.9 Å². The third-order valence-electron chi connectivity index (χ3n) is 1.91. The Morgan fingerprint density at radius 1 is 1.45 bits per heavy atom. The highest BCUT2D eigenvalue weighted by Crippen LogP contribution is 2.18. The van der Waals surface area contributed by atoms with Crippen molar-refractivity contribution < 1.29 is 19.8 Å². The van der Waals surface area contributed by atoms with Crippen LogP contribution in [-0.4, -0.2) is 36.5 Å². The van der Waals surface area contributed by atoms with Crippen LogP contribution in [0.4, 0.5) is 0 Å². The summed E-state index contributed by atoms with van der Waals surface area (Å²) in [4.78, 5) is 12.2. The summed E-state index contributed by atoms with van der Waals surface area (Å²) in [7, 11) is 1.62. The lowest BCUT2D eigenvalue weighted by Crippen LogP contribution is -2.23. The van der Waals surface area contributed by atoms with E-state index in [2.05, 4.69) is 4.99 Å². The summed E-state index contributed by atoms with van der Waals surface area (Å²) in [6.07, 6.45) is 0.773. The molecule has 20 heavy (non-hydrogen) atoms. The van der Waals surface area contributed by atoms with Crippen LogP contribution in [0.2, 0.25) is 0 Å². The lowest BCUT2D eigenvalue weighted by atomic mass is 10.3. The van der Waals surface area contributed by atoms with Crippen molar-refractivity contribution in [3.63, 3.8) is 0 Å². The summed E-state index contributed by atoms with van der Waals surface area (Å²) in [5.41, 5.74) is 10.4. The van der Waals surface area contributed by atoms with Gasteiger partial charge in [-0.15, -0.1) is 10.1 Å². The first-order chi connectivity index (χ1) is 9.45. The van der Waals surface area contributed by atoms with Gasteiger partial charge in [-0.25, -0.2) is 0 Å². The van der Waals surface area contributed by atoms with Gasteiger partial charge >= 0.3 is 0 Å². The zero-order chi connectivity index (χ0) is 15.4. The van der Waals surface area contributed by atoms with Gasteiger partial charge in [-0.1, -0.05) is 6.07 Å². The minimum Gasteiger partial charge on any atom is -0.497 e. The molecule has 1 aromatic rings. The van der Waals surface area contributed by atoms with Gasteiger partial charge in [0.05, 0.1) is 13.7 Å². The highest BCUT2D eigenvalue weighted by atomic mass is 16.9. The molecule has 0 aromatic heterocycles. The molecule has 0 saturated carbocycles. The van der Waals surface area contributed by atoms with Crippen molar-refractivity contribution in [3.8, 4) is 11.5 Å². The van der Waals surface area contributed by atoms with E-state index in [0.29, 0.717) is 13.2 Å². The first kappa shape index (κ1) is 17.3. The first-order valence-corrected chi connectivity index (χ1v) is 5.61. The molecule has 0 unspecified atom stereocenters. The zero-order valence-electron chi connectivity index (χ0n) is 11.1. The van der Waals surface area contributed by atoms with Crippen LogP contribution in [0.25, 0.3) is 0 Å².